The summed E-state index contributed by atoms with van der Waals surface area (Å²) in [4.78, 5) is 28.0. The van der Waals surface area contributed by atoms with Crippen molar-refractivity contribution in [1.29, 1.82) is 0 Å². The van der Waals surface area contributed by atoms with Gasteiger partial charge in [-0.3, -0.25) is 4.79 Å². The molecule has 0 radical (unpaired) electrons. The molecule has 3 aromatic carbocycles. The zero-order valence-corrected chi connectivity index (χ0v) is 16.3. The molecular formula is C24H20N2O4. The number of hydrogen-bond acceptors (Lipinski definition) is 4. The molecule has 1 atom stereocenters. The number of fused-ring (bicyclic) bond motifs is 1. The third-order valence-corrected chi connectivity index (χ3v) is 4.97. The number of ketones is 1. The summed E-state index contributed by atoms with van der Waals surface area (Å²) in [5.41, 5.74) is 2.80. The second-order valence-electron chi connectivity index (χ2n) is 6.85. The van der Waals surface area contributed by atoms with Gasteiger partial charge in [-0.15, -0.1) is 0 Å². The fourth-order valence-corrected chi connectivity index (χ4v) is 3.44. The highest BCUT2D eigenvalue weighted by Crippen LogP contribution is 2.29. The average molecular weight is 400 g/mol. The molecule has 6 nitrogen and oxygen atoms in total. The molecule has 150 valence electrons. The zero-order chi connectivity index (χ0) is 21.1. The van der Waals surface area contributed by atoms with E-state index in [0.29, 0.717) is 22.2 Å². The maximum atomic E-state index is 13.6. The number of carbonyl (C=O) groups excluding carboxylic acids is 1. The minimum atomic E-state index is -1.04. The number of aromatic amines is 1. The van der Waals surface area contributed by atoms with E-state index in [0.717, 1.165) is 11.3 Å². The van der Waals surface area contributed by atoms with Crippen LogP contribution in [0.1, 0.15) is 32.3 Å². The molecule has 0 saturated heterocycles. The molecular weight excluding hydrogens is 380 g/mol. The molecule has 0 aliphatic heterocycles. The Morgan fingerprint density at radius 3 is 2.53 bits per heavy atom. The van der Waals surface area contributed by atoms with Gasteiger partial charge in [0, 0.05) is 34.4 Å². The Labute approximate surface area is 173 Å². The summed E-state index contributed by atoms with van der Waals surface area (Å²) >= 11 is 0. The fraction of sp³-hybridized carbons (Fsp3) is 0.0833. The number of H-pyrrole nitrogens is 1. The predicted molar refractivity (Wildman–Crippen MR) is 115 cm³/mol. The van der Waals surface area contributed by atoms with E-state index in [1.807, 2.05) is 54.6 Å². The quantitative estimate of drug-likeness (QED) is 0.383. The van der Waals surface area contributed by atoms with Crippen LogP contribution in [0.3, 0.4) is 0 Å². The Morgan fingerprint density at radius 1 is 1.00 bits per heavy atom. The van der Waals surface area contributed by atoms with Gasteiger partial charge in [0.25, 0.3) is 0 Å². The Balaban J connectivity index is 1.77. The van der Waals surface area contributed by atoms with E-state index in [2.05, 4.69) is 10.3 Å². The lowest BCUT2D eigenvalue weighted by Gasteiger charge is -2.19. The van der Waals surface area contributed by atoms with Gasteiger partial charge >= 0.3 is 5.97 Å². The van der Waals surface area contributed by atoms with Crippen LogP contribution in [-0.4, -0.2) is 29.0 Å². The van der Waals surface area contributed by atoms with Gasteiger partial charge in [0.1, 0.15) is 11.8 Å². The third kappa shape index (κ3) is 3.75. The molecule has 0 aliphatic rings. The number of carboxylic acid groups (broad SMARTS) is 1. The number of ether oxygens (including phenoxy) is 1. The summed E-state index contributed by atoms with van der Waals surface area (Å²) in [5, 5.41) is 13.2. The van der Waals surface area contributed by atoms with Crippen LogP contribution in [0.15, 0.2) is 79.0 Å². The van der Waals surface area contributed by atoms with E-state index in [1.165, 1.54) is 12.1 Å². The van der Waals surface area contributed by atoms with Gasteiger partial charge < -0.3 is 20.1 Å². The van der Waals surface area contributed by atoms with Crippen molar-refractivity contribution in [3.05, 3.63) is 95.7 Å². The molecule has 0 bridgehead atoms. The maximum absolute atomic E-state index is 13.6. The Hall–Kier alpha value is -4.06. The minimum absolute atomic E-state index is 0.133. The molecule has 3 N–H and O–H groups in total. The van der Waals surface area contributed by atoms with Gasteiger partial charge in [-0.05, 0) is 35.9 Å². The normalized spacial score (nSPS) is 11.8. The number of aromatic nitrogens is 1. The lowest BCUT2D eigenvalue weighted by atomic mass is 9.96. The molecule has 1 aromatic heterocycles. The largest absolute Gasteiger partial charge is 0.497 e. The molecule has 0 fully saturated rings. The number of Topliss-reactive ketones (excluding diaryl/α,β-unsaturated/α-hetero) is 1. The standard InChI is InChI=1S/C24H20N2O4/c1-30-18-9-5-8-17(13-18)26-22(15-6-3-2-4-7-15)23(27)20-14-25-21-11-10-16(24(28)29)12-19(20)21/h2-14,22,25-26H,1H3,(H,28,29). The number of anilines is 1. The van der Waals surface area contributed by atoms with Crippen molar-refractivity contribution in [2.45, 2.75) is 6.04 Å². The summed E-state index contributed by atoms with van der Waals surface area (Å²) in [7, 11) is 1.59. The molecule has 0 spiro atoms. The van der Waals surface area contributed by atoms with E-state index >= 15 is 0 Å². The van der Waals surface area contributed by atoms with E-state index in [-0.39, 0.29) is 11.3 Å². The van der Waals surface area contributed by atoms with Crippen LogP contribution < -0.4 is 10.1 Å². The summed E-state index contributed by atoms with van der Waals surface area (Å²) in [6.45, 7) is 0. The molecule has 6 heteroatoms. The van der Waals surface area contributed by atoms with Crippen molar-refractivity contribution >= 4 is 28.3 Å². The molecule has 0 saturated carbocycles. The summed E-state index contributed by atoms with van der Waals surface area (Å²) < 4.78 is 5.28. The van der Waals surface area contributed by atoms with Crippen molar-refractivity contribution < 1.29 is 19.4 Å². The molecule has 4 aromatic rings. The lowest BCUT2D eigenvalue weighted by Crippen LogP contribution is -2.21. The summed E-state index contributed by atoms with van der Waals surface area (Å²) in [6, 6.07) is 20.8. The lowest BCUT2D eigenvalue weighted by molar-refractivity contribution is 0.0696. The molecule has 4 rings (SSSR count). The Bertz CT molecular complexity index is 1210. The predicted octanol–water partition coefficient (Wildman–Crippen LogP) is 4.91. The zero-order valence-electron chi connectivity index (χ0n) is 16.3. The number of rotatable bonds is 7. The van der Waals surface area contributed by atoms with E-state index in [4.69, 9.17) is 4.74 Å². The van der Waals surface area contributed by atoms with Crippen LogP contribution in [0.25, 0.3) is 10.9 Å². The maximum Gasteiger partial charge on any atom is 0.335 e. The molecule has 30 heavy (non-hydrogen) atoms. The number of carboxylic acids is 1. The highest BCUT2D eigenvalue weighted by Gasteiger charge is 2.25. The number of carbonyl (C=O) groups is 2. The van der Waals surface area contributed by atoms with Crippen molar-refractivity contribution in [3.63, 3.8) is 0 Å². The van der Waals surface area contributed by atoms with Crippen LogP contribution in [0.2, 0.25) is 0 Å². The smallest absolute Gasteiger partial charge is 0.335 e. The minimum Gasteiger partial charge on any atom is -0.497 e. The van der Waals surface area contributed by atoms with Gasteiger partial charge in [0.2, 0.25) is 0 Å². The van der Waals surface area contributed by atoms with Crippen LogP contribution in [-0.2, 0) is 0 Å². The number of benzene rings is 3. The van der Waals surface area contributed by atoms with E-state index < -0.39 is 12.0 Å². The number of aromatic carboxylic acids is 1. The average Bonchev–Trinajstić information content (AvgIpc) is 3.21. The highest BCUT2D eigenvalue weighted by atomic mass is 16.5. The van der Waals surface area contributed by atoms with Gasteiger partial charge in [0.15, 0.2) is 5.78 Å². The molecule has 0 aliphatic carbocycles. The van der Waals surface area contributed by atoms with Crippen LogP contribution >= 0.6 is 0 Å². The monoisotopic (exact) mass is 400 g/mol. The second-order valence-corrected chi connectivity index (χ2v) is 6.85. The Kier molecular flexibility index (Phi) is 5.22. The van der Waals surface area contributed by atoms with Gasteiger partial charge in [-0.2, -0.15) is 0 Å². The highest BCUT2D eigenvalue weighted by molar-refractivity contribution is 6.12. The van der Waals surface area contributed by atoms with E-state index in [1.54, 1.807) is 19.4 Å². The topological polar surface area (TPSA) is 91.4 Å². The van der Waals surface area contributed by atoms with E-state index in [9.17, 15) is 14.7 Å². The van der Waals surface area contributed by atoms with Crippen molar-refractivity contribution in [2.75, 3.05) is 12.4 Å². The first-order valence-corrected chi connectivity index (χ1v) is 9.41. The van der Waals surface area contributed by atoms with Gasteiger partial charge in [0.05, 0.1) is 12.7 Å². The summed E-state index contributed by atoms with van der Waals surface area (Å²) in [5.74, 6) is -0.527. The number of hydrogen-bond donors (Lipinski definition) is 3. The first kappa shape index (κ1) is 19.3. The molecule has 1 unspecified atom stereocenters. The SMILES string of the molecule is COc1cccc(NC(C(=O)c2c[nH]c3ccc(C(=O)O)cc23)c2ccccc2)c1. The van der Waals surface area contributed by atoms with Gasteiger partial charge in [-0.1, -0.05) is 36.4 Å². The number of methoxy groups -OCH3 is 1. The van der Waals surface area contributed by atoms with Crippen molar-refractivity contribution in [2.24, 2.45) is 0 Å². The summed E-state index contributed by atoms with van der Waals surface area (Å²) in [6.07, 6.45) is 1.63. The van der Waals surface area contributed by atoms with Crippen LogP contribution in [0, 0.1) is 0 Å². The Morgan fingerprint density at radius 2 is 1.80 bits per heavy atom. The molecule has 0 amide bonds. The van der Waals surface area contributed by atoms with Crippen LogP contribution in [0.4, 0.5) is 5.69 Å². The second kappa shape index (κ2) is 8.13. The number of nitrogens with one attached hydrogen (secondary N) is 2. The van der Waals surface area contributed by atoms with Gasteiger partial charge in [-0.25, -0.2) is 4.79 Å². The first-order chi connectivity index (χ1) is 14.6. The molecule has 1 heterocycles. The van der Waals surface area contributed by atoms with Crippen molar-refractivity contribution in [1.82, 2.24) is 4.98 Å². The third-order valence-electron chi connectivity index (χ3n) is 4.97. The first-order valence-electron chi connectivity index (χ1n) is 9.41. The van der Waals surface area contributed by atoms with Crippen molar-refractivity contribution in [3.8, 4) is 5.75 Å². The fourth-order valence-electron chi connectivity index (χ4n) is 3.44. The van der Waals surface area contributed by atoms with Crippen LogP contribution in [0.5, 0.6) is 5.75 Å².